The zero-order valence-corrected chi connectivity index (χ0v) is 26.9. The Kier molecular flexibility index (Phi) is 5.83. The summed E-state index contributed by atoms with van der Waals surface area (Å²) in [6, 6.07) is 48.3. The van der Waals surface area contributed by atoms with Crippen LogP contribution >= 0.6 is 0 Å². The van der Waals surface area contributed by atoms with Crippen molar-refractivity contribution in [3.8, 4) is 45.6 Å². The number of furan rings is 2. The maximum absolute atomic E-state index is 6.41. The number of hydrogen-bond donors (Lipinski definition) is 0. The molecule has 7 aromatic carbocycles. The van der Waals surface area contributed by atoms with Gasteiger partial charge < -0.3 is 13.3 Å². The van der Waals surface area contributed by atoms with E-state index in [4.69, 9.17) is 33.2 Å². The molecule has 0 aliphatic rings. The normalized spacial score (nSPS) is 11.9. The second kappa shape index (κ2) is 10.7. The summed E-state index contributed by atoms with van der Waals surface area (Å²) in [4.78, 5) is 20.2. The maximum atomic E-state index is 6.41. The van der Waals surface area contributed by atoms with E-state index in [1.54, 1.807) is 0 Å². The second-order valence-electron chi connectivity index (χ2n) is 12.6. The summed E-state index contributed by atoms with van der Waals surface area (Å²) in [5, 5.41) is 5.95. The van der Waals surface area contributed by atoms with E-state index in [9.17, 15) is 0 Å². The first-order valence-electron chi connectivity index (χ1n) is 16.7. The van der Waals surface area contributed by atoms with Gasteiger partial charge in [0.1, 0.15) is 27.8 Å². The van der Waals surface area contributed by atoms with Crippen LogP contribution in [-0.4, -0.2) is 19.9 Å². The van der Waals surface area contributed by atoms with Gasteiger partial charge >= 0.3 is 0 Å². The van der Waals surface area contributed by atoms with Gasteiger partial charge in [0, 0.05) is 38.4 Å². The van der Waals surface area contributed by atoms with E-state index in [0.29, 0.717) is 28.9 Å². The summed E-state index contributed by atoms with van der Waals surface area (Å²) in [7, 11) is 0. The summed E-state index contributed by atoms with van der Waals surface area (Å²) in [5.74, 6) is 2.32. The largest absolute Gasteiger partial charge is 0.456 e. The Hall–Kier alpha value is -7.12. The molecule has 11 rings (SSSR count). The molecule has 0 unspecified atom stereocenters. The summed E-state index contributed by atoms with van der Waals surface area (Å²) < 4.78 is 18.8. The Morgan fingerprint density at radius 2 is 0.961 bits per heavy atom. The molecule has 0 atom stereocenters. The first kappa shape index (κ1) is 27.8. The number of hydrogen-bond acceptors (Lipinski definition) is 7. The van der Waals surface area contributed by atoms with Crippen LogP contribution in [0.3, 0.4) is 0 Å². The van der Waals surface area contributed by atoms with Gasteiger partial charge in [-0.1, -0.05) is 84.9 Å². The Labute approximate surface area is 289 Å². The highest BCUT2D eigenvalue weighted by Gasteiger charge is 2.21. The van der Waals surface area contributed by atoms with Crippen LogP contribution in [0.4, 0.5) is 0 Å². The van der Waals surface area contributed by atoms with Crippen LogP contribution in [0.5, 0.6) is 0 Å². The SMILES string of the molecule is c1ccc(-c2nc(-c3ccc4oc5ccccc5c4c3)nc(-c3cccc4c3ccc3oc5ccc6oc(-c7ccccc7)nc6c5c34)n2)cc1. The predicted octanol–water partition coefficient (Wildman–Crippen LogP) is 11.6. The van der Waals surface area contributed by atoms with Gasteiger partial charge in [0.2, 0.25) is 5.89 Å². The van der Waals surface area contributed by atoms with Gasteiger partial charge in [0.25, 0.3) is 0 Å². The molecular weight excluding hydrogens is 633 g/mol. The first-order valence-corrected chi connectivity index (χ1v) is 16.7. The fourth-order valence-electron chi connectivity index (χ4n) is 7.21. The summed E-state index contributed by atoms with van der Waals surface area (Å²) >= 11 is 0. The molecule has 0 saturated heterocycles. The molecule has 0 saturated carbocycles. The fourth-order valence-corrected chi connectivity index (χ4v) is 7.21. The van der Waals surface area contributed by atoms with Gasteiger partial charge in [0.05, 0.1) is 5.39 Å². The van der Waals surface area contributed by atoms with Crippen LogP contribution in [0.15, 0.2) is 159 Å². The molecule has 4 aromatic heterocycles. The summed E-state index contributed by atoms with van der Waals surface area (Å²) in [6.07, 6.45) is 0. The van der Waals surface area contributed by atoms with Gasteiger partial charge in [-0.3, -0.25) is 0 Å². The van der Waals surface area contributed by atoms with Gasteiger partial charge in [-0.15, -0.1) is 0 Å². The van der Waals surface area contributed by atoms with E-state index in [1.165, 1.54) is 0 Å². The van der Waals surface area contributed by atoms with Crippen molar-refractivity contribution in [1.29, 1.82) is 0 Å². The van der Waals surface area contributed by atoms with Crippen molar-refractivity contribution < 1.29 is 13.3 Å². The van der Waals surface area contributed by atoms with E-state index >= 15 is 0 Å². The molecule has 7 heteroatoms. The van der Waals surface area contributed by atoms with Crippen LogP contribution in [0.1, 0.15) is 0 Å². The van der Waals surface area contributed by atoms with Gasteiger partial charge in [-0.2, -0.15) is 0 Å². The molecule has 4 heterocycles. The molecule has 238 valence electrons. The Bertz CT molecular complexity index is 3140. The average molecular weight is 657 g/mol. The minimum absolute atomic E-state index is 0.570. The van der Waals surface area contributed by atoms with Crippen molar-refractivity contribution >= 4 is 65.7 Å². The van der Waals surface area contributed by atoms with Crippen molar-refractivity contribution in [1.82, 2.24) is 19.9 Å². The molecule has 11 aromatic rings. The van der Waals surface area contributed by atoms with Crippen molar-refractivity contribution in [2.75, 3.05) is 0 Å². The van der Waals surface area contributed by atoms with Crippen LogP contribution < -0.4 is 0 Å². The molecule has 0 N–H and O–H groups in total. The third kappa shape index (κ3) is 4.31. The molecule has 0 aliphatic carbocycles. The van der Waals surface area contributed by atoms with E-state index < -0.39 is 0 Å². The zero-order valence-electron chi connectivity index (χ0n) is 26.9. The first-order chi connectivity index (χ1) is 25.2. The molecule has 0 radical (unpaired) electrons. The van der Waals surface area contributed by atoms with Crippen molar-refractivity contribution in [3.05, 3.63) is 146 Å². The average Bonchev–Trinajstić information content (AvgIpc) is 3.91. The maximum Gasteiger partial charge on any atom is 0.227 e. The molecule has 0 aliphatic heterocycles. The lowest BCUT2D eigenvalue weighted by atomic mass is 9.99. The van der Waals surface area contributed by atoms with E-state index in [2.05, 4.69) is 30.3 Å². The van der Waals surface area contributed by atoms with Crippen LogP contribution in [0, 0.1) is 0 Å². The lowest BCUT2D eigenvalue weighted by Gasteiger charge is -2.11. The van der Waals surface area contributed by atoms with Gasteiger partial charge in [-0.25, -0.2) is 19.9 Å². The highest BCUT2D eigenvalue weighted by atomic mass is 16.4. The number of aromatic nitrogens is 4. The topological polar surface area (TPSA) is 91.0 Å². The Morgan fingerprint density at radius 1 is 0.333 bits per heavy atom. The lowest BCUT2D eigenvalue weighted by Crippen LogP contribution is -2.00. The fraction of sp³-hybridized carbons (Fsp3) is 0. The zero-order chi connectivity index (χ0) is 33.5. The Balaban J connectivity index is 1.15. The quantitative estimate of drug-likeness (QED) is 0.186. The predicted molar refractivity (Wildman–Crippen MR) is 201 cm³/mol. The third-order valence-corrected chi connectivity index (χ3v) is 9.58. The number of benzene rings is 7. The minimum Gasteiger partial charge on any atom is -0.456 e. The number of para-hydroxylation sites is 1. The summed E-state index contributed by atoms with van der Waals surface area (Å²) in [5.41, 5.74) is 8.24. The van der Waals surface area contributed by atoms with E-state index in [-0.39, 0.29) is 0 Å². The molecule has 0 bridgehead atoms. The molecular formula is C44H24N4O3. The third-order valence-electron chi connectivity index (χ3n) is 9.58. The van der Waals surface area contributed by atoms with Crippen LogP contribution in [-0.2, 0) is 0 Å². The highest BCUT2D eigenvalue weighted by Crippen LogP contribution is 2.42. The lowest BCUT2D eigenvalue weighted by molar-refractivity contribution is 0.619. The van der Waals surface area contributed by atoms with E-state index in [1.807, 2.05) is 115 Å². The van der Waals surface area contributed by atoms with Gasteiger partial charge in [0.15, 0.2) is 23.1 Å². The molecule has 0 spiro atoms. The number of nitrogens with zero attached hydrogens (tertiary/aromatic N) is 4. The highest BCUT2D eigenvalue weighted by molar-refractivity contribution is 6.26. The minimum atomic E-state index is 0.570. The van der Waals surface area contributed by atoms with Crippen molar-refractivity contribution in [2.24, 2.45) is 0 Å². The molecule has 51 heavy (non-hydrogen) atoms. The summed E-state index contributed by atoms with van der Waals surface area (Å²) in [6.45, 7) is 0. The van der Waals surface area contributed by atoms with Crippen molar-refractivity contribution in [3.63, 3.8) is 0 Å². The molecule has 0 fully saturated rings. The smallest absolute Gasteiger partial charge is 0.227 e. The molecule has 7 nitrogen and oxygen atoms in total. The van der Waals surface area contributed by atoms with E-state index in [0.717, 1.165) is 82.4 Å². The van der Waals surface area contributed by atoms with Gasteiger partial charge in [-0.05, 0) is 71.4 Å². The number of fused-ring (bicyclic) bond motifs is 10. The Morgan fingerprint density at radius 3 is 1.82 bits per heavy atom. The van der Waals surface area contributed by atoms with Crippen molar-refractivity contribution in [2.45, 2.75) is 0 Å². The molecule has 0 amide bonds. The standard InChI is InChI=1S/C44H24N4O3/c1-3-10-25(11-4-1)41-46-42(27-18-20-34-32(24-27)29-14-7-8-17-33(29)49-34)48-43(47-41)31-16-9-15-30-28(31)19-21-35-38(30)39-36(50-35)22-23-37-40(39)45-44(51-37)26-12-5-2-6-13-26/h1-24H. The second-order valence-corrected chi connectivity index (χ2v) is 12.6. The van der Waals surface area contributed by atoms with Crippen LogP contribution in [0.2, 0.25) is 0 Å². The monoisotopic (exact) mass is 656 g/mol. The van der Waals surface area contributed by atoms with Crippen LogP contribution in [0.25, 0.3) is 111 Å². The number of oxazole rings is 1. The number of rotatable bonds is 4.